The van der Waals surface area contributed by atoms with Gasteiger partial charge in [-0.3, -0.25) is 9.79 Å². The minimum Gasteiger partial charge on any atom is -0.495 e. The van der Waals surface area contributed by atoms with Gasteiger partial charge in [-0.05, 0) is 48.1 Å². The van der Waals surface area contributed by atoms with Crippen molar-refractivity contribution in [3.63, 3.8) is 0 Å². The Morgan fingerprint density at radius 1 is 1.34 bits per heavy atom. The molecule has 148 valence electrons. The predicted molar refractivity (Wildman–Crippen MR) is 112 cm³/mol. The SMILES string of the molecule is CCC(=O)C1CCc2[nH]c3ncnc(Nc4cc5c(cc4OC)CN=C5)c3c2C1. The number of ether oxygens (including phenoxy) is 1. The summed E-state index contributed by atoms with van der Waals surface area (Å²) in [5.41, 5.74) is 6.20. The second kappa shape index (κ2) is 6.99. The number of methoxy groups -OCH3 is 1. The highest BCUT2D eigenvalue weighted by Crippen LogP contribution is 2.38. The van der Waals surface area contributed by atoms with Crippen molar-refractivity contribution in [3.8, 4) is 5.75 Å². The van der Waals surface area contributed by atoms with E-state index in [9.17, 15) is 4.79 Å². The van der Waals surface area contributed by atoms with E-state index in [0.717, 1.165) is 69.9 Å². The van der Waals surface area contributed by atoms with Gasteiger partial charge in [-0.2, -0.15) is 0 Å². The van der Waals surface area contributed by atoms with E-state index in [4.69, 9.17) is 4.74 Å². The summed E-state index contributed by atoms with van der Waals surface area (Å²) >= 11 is 0. The molecule has 0 bridgehead atoms. The third kappa shape index (κ3) is 2.97. The molecule has 5 rings (SSSR count). The number of benzene rings is 1. The molecule has 1 unspecified atom stereocenters. The van der Waals surface area contributed by atoms with Gasteiger partial charge in [0.05, 0.1) is 24.7 Å². The number of H-pyrrole nitrogens is 1. The molecule has 7 heteroatoms. The van der Waals surface area contributed by atoms with E-state index in [0.29, 0.717) is 18.7 Å². The van der Waals surface area contributed by atoms with Gasteiger partial charge in [0.15, 0.2) is 0 Å². The highest BCUT2D eigenvalue weighted by molar-refractivity contribution is 5.95. The molecule has 0 spiro atoms. The first-order valence-electron chi connectivity index (χ1n) is 10.0. The van der Waals surface area contributed by atoms with Crippen LogP contribution in [0.1, 0.15) is 42.1 Å². The third-order valence-electron chi connectivity index (χ3n) is 5.99. The summed E-state index contributed by atoms with van der Waals surface area (Å²) in [4.78, 5) is 29.0. The maximum absolute atomic E-state index is 12.3. The lowest BCUT2D eigenvalue weighted by atomic mass is 9.83. The highest BCUT2D eigenvalue weighted by Gasteiger charge is 2.28. The summed E-state index contributed by atoms with van der Waals surface area (Å²) in [5.74, 6) is 1.89. The van der Waals surface area contributed by atoms with Gasteiger partial charge >= 0.3 is 0 Å². The number of carbonyl (C=O) groups excluding carboxylic acids is 1. The molecular formula is C22H23N5O2. The first kappa shape index (κ1) is 17.8. The third-order valence-corrected chi connectivity index (χ3v) is 5.99. The zero-order valence-corrected chi connectivity index (χ0v) is 16.6. The molecule has 0 saturated carbocycles. The molecule has 3 heterocycles. The topological polar surface area (TPSA) is 92.3 Å². The summed E-state index contributed by atoms with van der Waals surface area (Å²) in [5, 5.41) is 4.41. The molecule has 0 radical (unpaired) electrons. The van der Waals surface area contributed by atoms with Crippen LogP contribution in [0, 0.1) is 5.92 Å². The van der Waals surface area contributed by atoms with Crippen LogP contribution < -0.4 is 10.1 Å². The van der Waals surface area contributed by atoms with E-state index in [1.807, 2.05) is 25.3 Å². The molecule has 1 aromatic carbocycles. The molecule has 7 nitrogen and oxygen atoms in total. The van der Waals surface area contributed by atoms with Crippen molar-refractivity contribution < 1.29 is 9.53 Å². The number of nitrogens with zero attached hydrogens (tertiary/aromatic N) is 3. The Kier molecular flexibility index (Phi) is 4.30. The molecule has 2 aliphatic rings. The van der Waals surface area contributed by atoms with Crippen molar-refractivity contribution in [2.24, 2.45) is 10.9 Å². The number of carbonyl (C=O) groups is 1. The van der Waals surface area contributed by atoms with Crippen molar-refractivity contribution >= 4 is 34.5 Å². The van der Waals surface area contributed by atoms with E-state index in [2.05, 4.69) is 25.3 Å². The Bertz CT molecular complexity index is 1150. The number of fused-ring (bicyclic) bond motifs is 4. The van der Waals surface area contributed by atoms with E-state index in [1.54, 1.807) is 13.4 Å². The first-order valence-corrected chi connectivity index (χ1v) is 10.0. The number of anilines is 2. The number of aliphatic imine (C=N–C) groups is 1. The largest absolute Gasteiger partial charge is 0.495 e. The summed E-state index contributed by atoms with van der Waals surface area (Å²) in [6, 6.07) is 4.06. The van der Waals surface area contributed by atoms with E-state index >= 15 is 0 Å². The van der Waals surface area contributed by atoms with Gasteiger partial charge in [0.1, 0.15) is 29.3 Å². The van der Waals surface area contributed by atoms with Crippen LogP contribution in [0.5, 0.6) is 5.75 Å². The molecule has 2 N–H and O–H groups in total. The van der Waals surface area contributed by atoms with Crippen molar-refractivity contribution in [3.05, 3.63) is 40.8 Å². The monoisotopic (exact) mass is 389 g/mol. The number of hydrogen-bond acceptors (Lipinski definition) is 6. The van der Waals surface area contributed by atoms with Crippen LogP contribution in [0.15, 0.2) is 23.5 Å². The standard InChI is InChI=1S/C22H23N5O2/c1-3-18(28)12-4-5-16-15(6-12)20-21(26-16)24-11-25-22(20)27-17-7-13-9-23-10-14(13)8-19(17)29-2/h7-9,11-12H,3-6,10H2,1-2H3,(H2,24,25,26,27). The van der Waals surface area contributed by atoms with Crippen molar-refractivity contribution in [2.75, 3.05) is 12.4 Å². The van der Waals surface area contributed by atoms with Crippen LogP contribution in [-0.2, 0) is 24.2 Å². The van der Waals surface area contributed by atoms with Gasteiger partial charge in [0.25, 0.3) is 0 Å². The Morgan fingerprint density at radius 2 is 2.24 bits per heavy atom. The number of rotatable bonds is 5. The number of Topliss-reactive ketones (excluding diaryl/α,β-unsaturated/α-hetero) is 1. The van der Waals surface area contributed by atoms with Gasteiger partial charge in [-0.25, -0.2) is 9.97 Å². The Morgan fingerprint density at radius 3 is 3.07 bits per heavy atom. The van der Waals surface area contributed by atoms with Gasteiger partial charge in [0, 0.05) is 24.2 Å². The maximum atomic E-state index is 12.3. The van der Waals surface area contributed by atoms with Crippen LogP contribution in [0.2, 0.25) is 0 Å². The van der Waals surface area contributed by atoms with Crippen molar-refractivity contribution in [1.82, 2.24) is 15.0 Å². The molecular weight excluding hydrogens is 366 g/mol. The molecule has 0 amide bonds. The molecule has 3 aromatic rings. The fourth-order valence-corrected chi connectivity index (χ4v) is 4.43. The van der Waals surface area contributed by atoms with Gasteiger partial charge in [-0.1, -0.05) is 6.92 Å². The zero-order valence-electron chi connectivity index (χ0n) is 16.6. The lowest BCUT2D eigenvalue weighted by Gasteiger charge is -2.21. The molecule has 0 saturated heterocycles. The van der Waals surface area contributed by atoms with Crippen LogP contribution in [0.3, 0.4) is 0 Å². The molecule has 1 aliphatic heterocycles. The number of hydrogen-bond donors (Lipinski definition) is 2. The molecule has 1 atom stereocenters. The maximum Gasteiger partial charge on any atom is 0.143 e. The fraction of sp³-hybridized carbons (Fsp3) is 0.364. The normalized spacial score (nSPS) is 17.2. The minimum absolute atomic E-state index is 0.0744. The van der Waals surface area contributed by atoms with Gasteiger partial charge < -0.3 is 15.0 Å². The fourth-order valence-electron chi connectivity index (χ4n) is 4.43. The van der Waals surface area contributed by atoms with E-state index in [-0.39, 0.29) is 5.92 Å². The zero-order chi connectivity index (χ0) is 20.0. The van der Waals surface area contributed by atoms with Crippen LogP contribution in [0.4, 0.5) is 11.5 Å². The number of aromatic nitrogens is 3. The van der Waals surface area contributed by atoms with E-state index < -0.39 is 0 Å². The molecule has 0 fully saturated rings. The van der Waals surface area contributed by atoms with Crippen LogP contribution in [-0.4, -0.2) is 34.1 Å². The predicted octanol–water partition coefficient (Wildman–Crippen LogP) is 3.73. The summed E-state index contributed by atoms with van der Waals surface area (Å²) < 4.78 is 5.60. The smallest absolute Gasteiger partial charge is 0.143 e. The average Bonchev–Trinajstić information content (AvgIpc) is 3.36. The Balaban J connectivity index is 1.58. The summed E-state index contributed by atoms with van der Waals surface area (Å²) in [6.45, 7) is 2.62. The summed E-state index contributed by atoms with van der Waals surface area (Å²) in [6.07, 6.45) is 6.51. The van der Waals surface area contributed by atoms with Gasteiger partial charge in [-0.15, -0.1) is 0 Å². The number of ketones is 1. The molecule has 29 heavy (non-hydrogen) atoms. The minimum atomic E-state index is 0.0744. The lowest BCUT2D eigenvalue weighted by molar-refractivity contribution is -0.122. The Labute approximate surface area is 168 Å². The quantitative estimate of drug-likeness (QED) is 0.694. The van der Waals surface area contributed by atoms with Gasteiger partial charge in [0.2, 0.25) is 0 Å². The second-order valence-corrected chi connectivity index (χ2v) is 7.63. The first-order chi connectivity index (χ1) is 14.2. The average molecular weight is 389 g/mol. The van der Waals surface area contributed by atoms with Crippen molar-refractivity contribution in [2.45, 2.75) is 39.2 Å². The number of nitrogens with one attached hydrogen (secondary N) is 2. The second-order valence-electron chi connectivity index (χ2n) is 7.63. The number of aryl methyl sites for hydroxylation is 1. The van der Waals surface area contributed by atoms with Crippen LogP contribution in [0.25, 0.3) is 11.0 Å². The number of aromatic amines is 1. The Hall–Kier alpha value is -3.22. The summed E-state index contributed by atoms with van der Waals surface area (Å²) in [7, 11) is 1.66. The van der Waals surface area contributed by atoms with E-state index in [1.165, 1.54) is 0 Å². The molecule has 1 aliphatic carbocycles. The highest BCUT2D eigenvalue weighted by atomic mass is 16.5. The molecule has 2 aromatic heterocycles. The van der Waals surface area contributed by atoms with Crippen molar-refractivity contribution in [1.29, 1.82) is 0 Å². The lowest BCUT2D eigenvalue weighted by Crippen LogP contribution is -2.21. The van der Waals surface area contributed by atoms with Crippen LogP contribution >= 0.6 is 0 Å².